The molecule has 3 rings (SSSR count). The number of ether oxygens (including phenoxy) is 3. The van der Waals surface area contributed by atoms with Gasteiger partial charge in [-0.15, -0.1) is 0 Å². The molecule has 0 fully saturated rings. The number of rotatable bonds is 4. The molecular weight excluding hydrogens is 334 g/mol. The van der Waals surface area contributed by atoms with Gasteiger partial charge in [0.25, 0.3) is 0 Å². The molecule has 1 unspecified atom stereocenters. The summed E-state index contributed by atoms with van der Waals surface area (Å²) >= 11 is 0. The molecule has 1 aromatic rings. The van der Waals surface area contributed by atoms with Crippen molar-refractivity contribution in [2.75, 3.05) is 21.3 Å². The van der Waals surface area contributed by atoms with Gasteiger partial charge >= 0.3 is 0 Å². The number of amides is 1. The second-order valence-electron chi connectivity index (χ2n) is 7.59. The molecule has 6 heteroatoms. The summed E-state index contributed by atoms with van der Waals surface area (Å²) in [6, 6.07) is 3.54. The first-order valence-electron chi connectivity index (χ1n) is 8.65. The number of nitrogens with one attached hydrogen (secondary N) is 1. The third-order valence-corrected chi connectivity index (χ3v) is 5.06. The third kappa shape index (κ3) is 3.16. The van der Waals surface area contributed by atoms with Gasteiger partial charge in [0.1, 0.15) is 5.75 Å². The lowest BCUT2D eigenvalue weighted by atomic mass is 9.69. The molecule has 1 atom stereocenters. The second kappa shape index (κ2) is 6.67. The Labute approximate surface area is 153 Å². The van der Waals surface area contributed by atoms with Crippen LogP contribution in [0.3, 0.4) is 0 Å². The van der Waals surface area contributed by atoms with Crippen LogP contribution in [0.15, 0.2) is 23.4 Å². The summed E-state index contributed by atoms with van der Waals surface area (Å²) < 4.78 is 16.3. The summed E-state index contributed by atoms with van der Waals surface area (Å²) in [5.74, 6) is 1.30. The minimum Gasteiger partial charge on any atom is -0.496 e. The average Bonchev–Trinajstić information content (AvgIpc) is 2.58. The Hall–Kier alpha value is -2.50. The number of Topliss-reactive ketones (excluding diaryl/α,β-unsaturated/α-hetero) is 1. The van der Waals surface area contributed by atoms with Gasteiger partial charge in [0.2, 0.25) is 5.91 Å². The highest BCUT2D eigenvalue weighted by atomic mass is 16.5. The number of hydrogen-bond acceptors (Lipinski definition) is 5. The van der Waals surface area contributed by atoms with Crippen molar-refractivity contribution in [2.24, 2.45) is 5.41 Å². The summed E-state index contributed by atoms with van der Waals surface area (Å²) in [4.78, 5) is 25.2. The Morgan fingerprint density at radius 1 is 0.962 bits per heavy atom. The summed E-state index contributed by atoms with van der Waals surface area (Å²) in [5, 5.41) is 2.92. The van der Waals surface area contributed by atoms with E-state index < -0.39 is 0 Å². The molecule has 1 aromatic carbocycles. The fourth-order valence-corrected chi connectivity index (χ4v) is 3.95. The molecule has 6 nitrogen and oxygen atoms in total. The normalized spacial score (nSPS) is 21.8. The first-order chi connectivity index (χ1) is 12.3. The van der Waals surface area contributed by atoms with Gasteiger partial charge in [-0.05, 0) is 17.9 Å². The van der Waals surface area contributed by atoms with Crippen molar-refractivity contribution >= 4 is 11.7 Å². The topological polar surface area (TPSA) is 73.9 Å². The highest BCUT2D eigenvalue weighted by Crippen LogP contribution is 2.47. The van der Waals surface area contributed by atoms with E-state index in [0.717, 1.165) is 11.3 Å². The number of benzene rings is 1. The molecule has 1 amide bonds. The van der Waals surface area contributed by atoms with Crippen molar-refractivity contribution in [3.8, 4) is 17.2 Å². The van der Waals surface area contributed by atoms with E-state index in [9.17, 15) is 9.59 Å². The fraction of sp³-hybridized carbons (Fsp3) is 0.500. The first-order valence-corrected chi connectivity index (χ1v) is 8.65. The van der Waals surface area contributed by atoms with Crippen molar-refractivity contribution in [2.45, 2.75) is 39.0 Å². The SMILES string of the molecule is COc1cc(OC)c(C2CC(=O)NC3=C2C(=O)CC(C)(C)C3)cc1OC. The number of hydrogen-bond donors (Lipinski definition) is 1. The lowest BCUT2D eigenvalue weighted by Gasteiger charge is -2.38. The van der Waals surface area contributed by atoms with Crippen LogP contribution in [0.25, 0.3) is 0 Å². The Balaban J connectivity index is 2.16. The molecule has 0 spiro atoms. The van der Waals surface area contributed by atoms with Crippen LogP contribution in [0.5, 0.6) is 17.2 Å². The van der Waals surface area contributed by atoms with Gasteiger partial charge < -0.3 is 19.5 Å². The zero-order valence-corrected chi connectivity index (χ0v) is 15.9. The second-order valence-corrected chi connectivity index (χ2v) is 7.59. The molecule has 1 aliphatic heterocycles. The number of methoxy groups -OCH3 is 3. The van der Waals surface area contributed by atoms with E-state index in [-0.39, 0.29) is 29.4 Å². The Bertz CT molecular complexity index is 794. The van der Waals surface area contributed by atoms with Crippen molar-refractivity contribution < 1.29 is 23.8 Å². The van der Waals surface area contributed by atoms with Crippen LogP contribution >= 0.6 is 0 Å². The Morgan fingerprint density at radius 3 is 2.19 bits per heavy atom. The average molecular weight is 359 g/mol. The molecule has 2 aliphatic rings. The maximum absolute atomic E-state index is 12.9. The minimum atomic E-state index is -0.350. The maximum atomic E-state index is 12.9. The van der Waals surface area contributed by atoms with Crippen molar-refractivity contribution in [3.05, 3.63) is 29.0 Å². The van der Waals surface area contributed by atoms with Gasteiger partial charge in [0.05, 0.1) is 21.3 Å². The van der Waals surface area contributed by atoms with Crippen molar-refractivity contribution in [3.63, 3.8) is 0 Å². The molecule has 0 bridgehead atoms. The quantitative estimate of drug-likeness (QED) is 0.895. The molecule has 0 radical (unpaired) electrons. The largest absolute Gasteiger partial charge is 0.496 e. The van der Waals surface area contributed by atoms with Crippen LogP contribution in [0, 0.1) is 5.41 Å². The zero-order chi connectivity index (χ0) is 19.1. The smallest absolute Gasteiger partial charge is 0.225 e. The third-order valence-electron chi connectivity index (χ3n) is 5.06. The summed E-state index contributed by atoms with van der Waals surface area (Å²) in [7, 11) is 4.67. The van der Waals surface area contributed by atoms with Crippen LogP contribution in [0.4, 0.5) is 0 Å². The van der Waals surface area contributed by atoms with E-state index in [4.69, 9.17) is 14.2 Å². The van der Waals surface area contributed by atoms with Crippen molar-refractivity contribution in [1.29, 1.82) is 0 Å². The molecule has 26 heavy (non-hydrogen) atoms. The van der Waals surface area contributed by atoms with E-state index in [2.05, 4.69) is 5.32 Å². The predicted octanol–water partition coefficient (Wildman–Crippen LogP) is 2.96. The van der Waals surface area contributed by atoms with Crippen molar-refractivity contribution in [1.82, 2.24) is 5.32 Å². The van der Waals surface area contributed by atoms with Crippen LogP contribution in [-0.4, -0.2) is 33.0 Å². The number of carbonyl (C=O) groups is 2. The molecular formula is C20H25NO5. The van der Waals surface area contributed by atoms with Gasteiger partial charge in [-0.2, -0.15) is 0 Å². The van der Waals surface area contributed by atoms with E-state index in [1.54, 1.807) is 33.5 Å². The van der Waals surface area contributed by atoms with Gasteiger partial charge in [-0.1, -0.05) is 13.8 Å². The number of allylic oxidation sites excluding steroid dienone is 2. The molecule has 0 saturated heterocycles. The Kier molecular flexibility index (Phi) is 4.69. The number of ketones is 1. The van der Waals surface area contributed by atoms with E-state index in [1.807, 2.05) is 13.8 Å². The van der Waals surface area contributed by atoms with Gasteiger partial charge in [0, 0.05) is 41.7 Å². The van der Waals surface area contributed by atoms with Gasteiger partial charge in [0.15, 0.2) is 17.3 Å². The molecule has 0 saturated carbocycles. The summed E-state index contributed by atoms with van der Waals surface area (Å²) in [6.07, 6.45) is 1.34. The van der Waals surface area contributed by atoms with E-state index >= 15 is 0 Å². The molecule has 1 heterocycles. The van der Waals surface area contributed by atoms with Crippen LogP contribution in [0.2, 0.25) is 0 Å². The summed E-state index contributed by atoms with van der Waals surface area (Å²) in [5.41, 5.74) is 2.03. The molecule has 0 aromatic heterocycles. The molecule has 1 N–H and O–H groups in total. The van der Waals surface area contributed by atoms with E-state index in [1.165, 1.54) is 0 Å². The maximum Gasteiger partial charge on any atom is 0.225 e. The van der Waals surface area contributed by atoms with Crippen LogP contribution < -0.4 is 19.5 Å². The minimum absolute atomic E-state index is 0.0816. The van der Waals surface area contributed by atoms with Crippen LogP contribution in [-0.2, 0) is 9.59 Å². The van der Waals surface area contributed by atoms with Crippen LogP contribution in [0.1, 0.15) is 44.6 Å². The Morgan fingerprint density at radius 2 is 1.58 bits per heavy atom. The predicted molar refractivity (Wildman–Crippen MR) is 96.6 cm³/mol. The molecule has 1 aliphatic carbocycles. The molecule has 140 valence electrons. The fourth-order valence-electron chi connectivity index (χ4n) is 3.95. The standard InChI is InChI=1S/C20H25NO5/c1-20(2)9-13-19(14(22)10-20)12(7-18(23)21-13)11-6-16(25-4)17(26-5)8-15(11)24-3/h6,8,12H,7,9-10H2,1-5H3,(H,21,23). The zero-order valence-electron chi connectivity index (χ0n) is 15.9. The lowest BCUT2D eigenvalue weighted by molar-refractivity contribution is -0.122. The van der Waals surface area contributed by atoms with Gasteiger partial charge in [-0.3, -0.25) is 9.59 Å². The lowest BCUT2D eigenvalue weighted by Crippen LogP contribution is -2.40. The highest BCUT2D eigenvalue weighted by Gasteiger charge is 2.41. The van der Waals surface area contributed by atoms with Gasteiger partial charge in [-0.25, -0.2) is 0 Å². The number of carbonyl (C=O) groups excluding carboxylic acids is 2. The monoisotopic (exact) mass is 359 g/mol. The van der Waals surface area contributed by atoms with E-state index in [0.29, 0.717) is 35.7 Å². The summed E-state index contributed by atoms with van der Waals surface area (Å²) in [6.45, 7) is 4.09. The highest BCUT2D eigenvalue weighted by molar-refractivity contribution is 6.02. The first kappa shape index (κ1) is 18.3.